The van der Waals surface area contributed by atoms with Gasteiger partial charge in [-0.3, -0.25) is 0 Å². The maximum Gasteiger partial charge on any atom is 0.146 e. The molecule has 116 valence electrons. The summed E-state index contributed by atoms with van der Waals surface area (Å²) in [5.74, 6) is 1.72. The first-order valence-electron chi connectivity index (χ1n) is 7.97. The van der Waals surface area contributed by atoms with Gasteiger partial charge < -0.3 is 14.8 Å². The molecule has 2 aromatic rings. The van der Waals surface area contributed by atoms with Crippen molar-refractivity contribution in [2.24, 2.45) is 0 Å². The Balaban J connectivity index is 1.73. The third kappa shape index (κ3) is 3.73. The van der Waals surface area contributed by atoms with E-state index in [9.17, 15) is 0 Å². The summed E-state index contributed by atoms with van der Waals surface area (Å²) in [7, 11) is 1.69. The Morgan fingerprint density at radius 3 is 2.55 bits per heavy atom. The first-order valence-corrected chi connectivity index (χ1v) is 7.97. The number of hydrogen-bond donors (Lipinski definition) is 1. The minimum Gasteiger partial charge on any atom is -0.497 e. The van der Waals surface area contributed by atoms with Crippen molar-refractivity contribution in [3.05, 3.63) is 54.1 Å². The first-order chi connectivity index (χ1) is 10.8. The number of nitrogens with one attached hydrogen (secondary N) is 1. The average molecular weight is 297 g/mol. The van der Waals surface area contributed by atoms with E-state index >= 15 is 0 Å². The van der Waals surface area contributed by atoms with Crippen molar-refractivity contribution < 1.29 is 9.47 Å². The average Bonchev–Trinajstić information content (AvgIpc) is 3.07. The Morgan fingerprint density at radius 2 is 1.82 bits per heavy atom. The van der Waals surface area contributed by atoms with Gasteiger partial charge in [-0.2, -0.15) is 0 Å². The lowest BCUT2D eigenvalue weighted by molar-refractivity contribution is 0.210. The first kappa shape index (κ1) is 14.8. The van der Waals surface area contributed by atoms with Crippen LogP contribution < -0.4 is 14.8 Å². The maximum absolute atomic E-state index is 6.19. The third-order valence-electron chi connectivity index (χ3n) is 4.11. The van der Waals surface area contributed by atoms with Crippen LogP contribution in [0, 0.1) is 0 Å². The highest BCUT2D eigenvalue weighted by atomic mass is 16.5. The van der Waals surface area contributed by atoms with Crippen molar-refractivity contribution in [1.29, 1.82) is 0 Å². The van der Waals surface area contributed by atoms with Crippen molar-refractivity contribution in [2.75, 3.05) is 12.4 Å². The summed E-state index contributed by atoms with van der Waals surface area (Å²) in [5.41, 5.74) is 2.28. The van der Waals surface area contributed by atoms with Crippen LogP contribution in [0.3, 0.4) is 0 Å². The molecule has 1 fully saturated rings. The fourth-order valence-corrected chi connectivity index (χ4v) is 2.85. The summed E-state index contributed by atoms with van der Waals surface area (Å²) in [5, 5.41) is 3.47. The molecule has 0 heterocycles. The van der Waals surface area contributed by atoms with Crippen LogP contribution in [0.15, 0.2) is 48.5 Å². The summed E-state index contributed by atoms with van der Waals surface area (Å²) in [4.78, 5) is 0. The van der Waals surface area contributed by atoms with Gasteiger partial charge in [-0.05, 0) is 43.4 Å². The molecule has 0 spiro atoms. The van der Waals surface area contributed by atoms with Crippen molar-refractivity contribution in [3.8, 4) is 11.5 Å². The van der Waals surface area contributed by atoms with Gasteiger partial charge in [-0.25, -0.2) is 0 Å². The van der Waals surface area contributed by atoms with Gasteiger partial charge in [0.2, 0.25) is 0 Å². The molecule has 3 heteroatoms. The molecule has 0 aromatic heterocycles. The van der Waals surface area contributed by atoms with E-state index in [2.05, 4.69) is 29.6 Å². The standard InChI is InChI=1S/C19H23NO2/c1-21-17-11-12-18(20-14-15-7-3-2-4-8-15)19(13-17)22-16-9-5-6-10-16/h2-4,7-8,11-13,16,20H,5-6,9-10,14H2,1H3. The second-order valence-electron chi connectivity index (χ2n) is 5.73. The van der Waals surface area contributed by atoms with Gasteiger partial charge in [-0.15, -0.1) is 0 Å². The second kappa shape index (κ2) is 7.21. The molecular weight excluding hydrogens is 274 g/mol. The summed E-state index contributed by atoms with van der Waals surface area (Å²) < 4.78 is 11.5. The van der Waals surface area contributed by atoms with E-state index in [1.165, 1.54) is 18.4 Å². The Labute approximate surface area is 132 Å². The van der Waals surface area contributed by atoms with E-state index in [0.717, 1.165) is 36.6 Å². The van der Waals surface area contributed by atoms with Crippen LogP contribution in [0.4, 0.5) is 5.69 Å². The molecule has 2 aromatic carbocycles. The fraction of sp³-hybridized carbons (Fsp3) is 0.368. The zero-order valence-corrected chi connectivity index (χ0v) is 13.0. The second-order valence-corrected chi connectivity index (χ2v) is 5.73. The molecule has 0 radical (unpaired) electrons. The number of anilines is 1. The Morgan fingerprint density at radius 1 is 1.05 bits per heavy atom. The molecule has 0 aliphatic heterocycles. The van der Waals surface area contributed by atoms with Crippen LogP contribution in [0.2, 0.25) is 0 Å². The van der Waals surface area contributed by atoms with Crippen LogP contribution in [-0.4, -0.2) is 13.2 Å². The SMILES string of the molecule is COc1ccc(NCc2ccccc2)c(OC2CCCC2)c1. The Hall–Kier alpha value is -2.16. The van der Waals surface area contributed by atoms with Crippen LogP contribution in [-0.2, 0) is 6.54 Å². The molecule has 3 rings (SSSR count). The fourth-order valence-electron chi connectivity index (χ4n) is 2.85. The minimum atomic E-state index is 0.337. The highest BCUT2D eigenvalue weighted by Gasteiger charge is 2.18. The van der Waals surface area contributed by atoms with E-state index in [0.29, 0.717) is 6.10 Å². The molecule has 22 heavy (non-hydrogen) atoms. The number of methoxy groups -OCH3 is 1. The molecule has 0 bridgehead atoms. The largest absolute Gasteiger partial charge is 0.497 e. The number of ether oxygens (including phenoxy) is 2. The molecule has 0 amide bonds. The van der Waals surface area contributed by atoms with Crippen LogP contribution in [0.25, 0.3) is 0 Å². The minimum absolute atomic E-state index is 0.337. The molecule has 1 N–H and O–H groups in total. The topological polar surface area (TPSA) is 30.5 Å². The molecule has 0 atom stereocenters. The zero-order chi connectivity index (χ0) is 15.2. The molecular formula is C19H23NO2. The maximum atomic E-state index is 6.19. The molecule has 1 saturated carbocycles. The third-order valence-corrected chi connectivity index (χ3v) is 4.11. The van der Waals surface area contributed by atoms with E-state index in [1.54, 1.807) is 7.11 Å². The lowest BCUT2D eigenvalue weighted by Gasteiger charge is -2.18. The summed E-state index contributed by atoms with van der Waals surface area (Å²) in [6.45, 7) is 0.786. The van der Waals surface area contributed by atoms with Crippen molar-refractivity contribution >= 4 is 5.69 Å². The lowest BCUT2D eigenvalue weighted by Crippen LogP contribution is -2.12. The summed E-state index contributed by atoms with van der Waals surface area (Å²) in [6.07, 6.45) is 5.16. The number of benzene rings is 2. The van der Waals surface area contributed by atoms with E-state index in [4.69, 9.17) is 9.47 Å². The summed E-state index contributed by atoms with van der Waals surface area (Å²) in [6, 6.07) is 16.4. The Bertz CT molecular complexity index is 592. The summed E-state index contributed by atoms with van der Waals surface area (Å²) >= 11 is 0. The van der Waals surface area contributed by atoms with Gasteiger partial charge >= 0.3 is 0 Å². The van der Waals surface area contributed by atoms with Gasteiger partial charge in [0, 0.05) is 12.6 Å². The normalized spacial score (nSPS) is 14.8. The van der Waals surface area contributed by atoms with E-state index < -0.39 is 0 Å². The quantitative estimate of drug-likeness (QED) is 0.843. The Kier molecular flexibility index (Phi) is 4.84. The predicted molar refractivity (Wildman–Crippen MR) is 89.6 cm³/mol. The molecule has 1 aliphatic carbocycles. The van der Waals surface area contributed by atoms with Gasteiger partial charge in [0.1, 0.15) is 11.5 Å². The van der Waals surface area contributed by atoms with E-state index in [-0.39, 0.29) is 0 Å². The smallest absolute Gasteiger partial charge is 0.146 e. The van der Waals surface area contributed by atoms with E-state index in [1.807, 2.05) is 24.3 Å². The predicted octanol–water partition coefficient (Wildman–Crippen LogP) is 4.63. The van der Waals surface area contributed by atoms with Gasteiger partial charge in [0.15, 0.2) is 0 Å². The van der Waals surface area contributed by atoms with Gasteiger partial charge in [0.05, 0.1) is 18.9 Å². The molecule has 0 unspecified atom stereocenters. The van der Waals surface area contributed by atoms with Gasteiger partial charge in [0.25, 0.3) is 0 Å². The van der Waals surface area contributed by atoms with Crippen molar-refractivity contribution in [2.45, 2.75) is 38.3 Å². The molecule has 3 nitrogen and oxygen atoms in total. The monoisotopic (exact) mass is 297 g/mol. The highest BCUT2D eigenvalue weighted by Crippen LogP contribution is 2.33. The number of hydrogen-bond acceptors (Lipinski definition) is 3. The lowest BCUT2D eigenvalue weighted by atomic mass is 10.2. The van der Waals surface area contributed by atoms with Gasteiger partial charge in [-0.1, -0.05) is 30.3 Å². The highest BCUT2D eigenvalue weighted by molar-refractivity contribution is 5.59. The van der Waals surface area contributed by atoms with Crippen LogP contribution >= 0.6 is 0 Å². The zero-order valence-electron chi connectivity index (χ0n) is 13.0. The van der Waals surface area contributed by atoms with Crippen molar-refractivity contribution in [1.82, 2.24) is 0 Å². The molecule has 1 aliphatic rings. The van der Waals surface area contributed by atoms with Crippen molar-refractivity contribution in [3.63, 3.8) is 0 Å². The van der Waals surface area contributed by atoms with Crippen LogP contribution in [0.5, 0.6) is 11.5 Å². The van der Waals surface area contributed by atoms with Crippen LogP contribution in [0.1, 0.15) is 31.2 Å². The molecule has 0 saturated heterocycles. The number of rotatable bonds is 6.